The highest BCUT2D eigenvalue weighted by Crippen LogP contribution is 2.38. The van der Waals surface area contributed by atoms with Crippen LogP contribution in [0.4, 0.5) is 34.1 Å². The maximum Gasteiger partial charge on any atom is 0.418 e. The Kier molecular flexibility index (Phi) is 15.8. The van der Waals surface area contributed by atoms with Crippen LogP contribution in [0.1, 0.15) is 55.7 Å². The fourth-order valence-electron chi connectivity index (χ4n) is 8.66. The van der Waals surface area contributed by atoms with Gasteiger partial charge in [-0.1, -0.05) is 36.7 Å². The number of likely N-dealkylation sites (tertiary alicyclic amines) is 2. The number of ether oxygens (including phenoxy) is 3. The van der Waals surface area contributed by atoms with Crippen molar-refractivity contribution < 1.29 is 51.4 Å². The van der Waals surface area contributed by atoms with Crippen molar-refractivity contribution in [2.75, 3.05) is 96.8 Å². The van der Waals surface area contributed by atoms with Crippen LogP contribution < -0.4 is 11.1 Å². The van der Waals surface area contributed by atoms with E-state index in [9.17, 15) is 37.1 Å². The van der Waals surface area contributed by atoms with Crippen LogP contribution >= 0.6 is 11.6 Å². The predicted octanol–water partition coefficient (Wildman–Crippen LogP) is 5.14. The number of nitrogens with two attached hydrogens (primary N) is 1. The molecule has 3 N–H and O–H groups in total. The van der Waals surface area contributed by atoms with Crippen LogP contribution in [0.2, 0.25) is 5.02 Å². The van der Waals surface area contributed by atoms with Crippen LogP contribution in [0, 0.1) is 11.8 Å². The van der Waals surface area contributed by atoms with Gasteiger partial charge in [-0.3, -0.25) is 14.5 Å². The molecule has 5 amide bonds. The number of hydrogen-bond donors (Lipinski definition) is 2. The Labute approximate surface area is 364 Å². The SMILES string of the molecule is CC(CCN(C)C(=O)[C@@H](Cc1cc(Cl)c(N)c(C(F)(F)F)c1)OC(=O)N1CCC(N2CCc3ccccc3NC2=O)CC1)C1CCN(C(=O)C(=O)OCCN2CCOCC2)CC1. The normalized spacial score (nSPS) is 19.2. The average Bonchev–Trinajstić information content (AvgIpc) is 3.43. The van der Waals surface area contributed by atoms with Gasteiger partial charge in [0.25, 0.3) is 5.91 Å². The number of esters is 1. The van der Waals surface area contributed by atoms with Crippen molar-refractivity contribution in [1.29, 1.82) is 0 Å². The number of carbonyl (C=O) groups excluding carboxylic acids is 5. The number of nitrogens with zero attached hydrogens (tertiary/aromatic N) is 5. The zero-order valence-electron chi connectivity index (χ0n) is 35.3. The van der Waals surface area contributed by atoms with Crippen LogP contribution in [0.3, 0.4) is 0 Å². The molecular weight excluding hydrogens is 835 g/mol. The number of halogens is 4. The van der Waals surface area contributed by atoms with E-state index in [4.69, 9.17) is 31.5 Å². The van der Waals surface area contributed by atoms with Gasteiger partial charge in [-0.05, 0) is 79.7 Å². The second-order valence-corrected chi connectivity index (χ2v) is 17.0. The van der Waals surface area contributed by atoms with Gasteiger partial charge in [0.2, 0.25) is 0 Å². The van der Waals surface area contributed by atoms with Gasteiger partial charge in [0, 0.05) is 84.1 Å². The molecule has 1 unspecified atom stereocenters. The van der Waals surface area contributed by atoms with Crippen LogP contribution in [-0.2, 0) is 47.6 Å². The molecule has 2 atom stereocenters. The highest BCUT2D eigenvalue weighted by Gasteiger charge is 2.38. The highest BCUT2D eigenvalue weighted by molar-refractivity contribution is 6.33. The van der Waals surface area contributed by atoms with Crippen molar-refractivity contribution in [3.8, 4) is 0 Å². The number of likely N-dealkylation sites (N-methyl/N-ethyl adjacent to an activating group) is 1. The lowest BCUT2D eigenvalue weighted by Crippen LogP contribution is -2.51. The Morgan fingerprint density at radius 1 is 0.984 bits per heavy atom. The number of morpholine rings is 1. The molecule has 4 heterocycles. The zero-order valence-corrected chi connectivity index (χ0v) is 36.1. The summed E-state index contributed by atoms with van der Waals surface area (Å²) in [6, 6.07) is 9.32. The van der Waals surface area contributed by atoms with E-state index in [1.54, 1.807) is 11.9 Å². The lowest BCUT2D eigenvalue weighted by atomic mass is 9.83. The standard InChI is InChI=1S/C43H57ClF3N7O8/c1-28(30-8-14-52(15-9-30)39(56)40(57)61-24-21-51-19-22-60-23-20-51)7-13-50(2)38(55)36(27-29-25-33(43(45,46)47)37(48)34(44)26-29)62-42(59)53-16-11-32(12-17-53)54-18-10-31-5-3-4-6-35(31)49-41(54)58/h3-6,25-26,28,30,32,36H,7-24,27,48H2,1-2H3,(H,49,58)/t28?,36-/m1/s1. The molecule has 2 aromatic carbocycles. The molecule has 0 aromatic heterocycles. The maximum atomic E-state index is 14.1. The molecular formula is C43H57ClF3N7O8. The van der Waals surface area contributed by atoms with Gasteiger partial charge in [-0.15, -0.1) is 0 Å². The summed E-state index contributed by atoms with van der Waals surface area (Å²) in [5.74, 6) is -1.82. The first-order chi connectivity index (χ1) is 29.6. The number of carbonyl (C=O) groups is 5. The van der Waals surface area contributed by atoms with Crippen LogP contribution in [-0.4, -0.2) is 152 Å². The van der Waals surface area contributed by atoms with Crippen molar-refractivity contribution in [3.63, 3.8) is 0 Å². The fraction of sp³-hybridized carbons (Fsp3) is 0.605. The number of benzene rings is 2. The van der Waals surface area contributed by atoms with E-state index < -0.39 is 47.4 Å². The number of fused-ring (bicyclic) bond motifs is 1. The van der Waals surface area contributed by atoms with Crippen molar-refractivity contribution in [3.05, 3.63) is 58.1 Å². The minimum absolute atomic E-state index is 0.0126. The Balaban J connectivity index is 1.03. The first-order valence-electron chi connectivity index (χ1n) is 21.4. The number of nitrogens with one attached hydrogen (secondary N) is 1. The average molecular weight is 892 g/mol. The number of urea groups is 1. The van der Waals surface area contributed by atoms with Crippen molar-refractivity contribution in [2.45, 2.75) is 70.2 Å². The summed E-state index contributed by atoms with van der Waals surface area (Å²) in [5.41, 5.74) is 5.69. The number of para-hydroxylation sites is 1. The third-order valence-corrected chi connectivity index (χ3v) is 12.9. The summed E-state index contributed by atoms with van der Waals surface area (Å²) in [6.07, 6.45) is -4.03. The molecule has 340 valence electrons. The number of amides is 5. The Hall–Kier alpha value is -4.81. The number of anilines is 2. The summed E-state index contributed by atoms with van der Waals surface area (Å²) in [4.78, 5) is 74.4. The van der Waals surface area contributed by atoms with Crippen molar-refractivity contribution in [2.24, 2.45) is 11.8 Å². The molecule has 0 saturated carbocycles. The Bertz CT molecular complexity index is 1920. The molecule has 0 aliphatic carbocycles. The second kappa shape index (κ2) is 21.0. The number of alkyl halides is 3. The Morgan fingerprint density at radius 2 is 1.66 bits per heavy atom. The molecule has 0 radical (unpaired) electrons. The minimum atomic E-state index is -4.82. The molecule has 15 nitrogen and oxygen atoms in total. The number of rotatable bonds is 12. The second-order valence-electron chi connectivity index (χ2n) is 16.6. The van der Waals surface area contributed by atoms with E-state index in [0.29, 0.717) is 77.9 Å². The van der Waals surface area contributed by atoms with Gasteiger partial charge in [-0.25, -0.2) is 14.4 Å². The molecule has 0 bridgehead atoms. The first-order valence-corrected chi connectivity index (χ1v) is 21.7. The Morgan fingerprint density at radius 3 is 2.35 bits per heavy atom. The van der Waals surface area contributed by atoms with Gasteiger partial charge in [0.05, 0.1) is 29.5 Å². The van der Waals surface area contributed by atoms with Gasteiger partial charge in [0.1, 0.15) is 6.61 Å². The first kappa shape index (κ1) is 46.7. The quantitative estimate of drug-likeness (QED) is 0.166. The van der Waals surface area contributed by atoms with Gasteiger partial charge in [0.15, 0.2) is 6.10 Å². The largest absolute Gasteiger partial charge is 0.457 e. The molecule has 4 aliphatic rings. The van der Waals surface area contributed by atoms with E-state index in [1.807, 2.05) is 31.2 Å². The molecule has 3 fully saturated rings. The molecule has 2 aromatic rings. The van der Waals surface area contributed by atoms with Gasteiger partial charge >= 0.3 is 30.2 Å². The van der Waals surface area contributed by atoms with E-state index in [-0.39, 0.29) is 67.2 Å². The van der Waals surface area contributed by atoms with E-state index in [2.05, 4.69) is 10.2 Å². The number of nitrogen functional groups attached to an aromatic ring is 1. The topological polar surface area (TPSA) is 167 Å². The van der Waals surface area contributed by atoms with Crippen LogP contribution in [0.5, 0.6) is 0 Å². The summed E-state index contributed by atoms with van der Waals surface area (Å²) < 4.78 is 58.2. The lowest BCUT2D eigenvalue weighted by Gasteiger charge is -2.38. The summed E-state index contributed by atoms with van der Waals surface area (Å²) in [6.45, 7) is 7.47. The third-order valence-electron chi connectivity index (χ3n) is 12.6. The van der Waals surface area contributed by atoms with Crippen molar-refractivity contribution >= 4 is 52.9 Å². The number of hydrogen-bond acceptors (Lipinski definition) is 10. The molecule has 0 spiro atoms. The number of piperidine rings is 2. The third kappa shape index (κ3) is 12.0. The maximum absolute atomic E-state index is 14.1. The van der Waals surface area contributed by atoms with Gasteiger partial charge in [-0.2, -0.15) is 13.2 Å². The van der Waals surface area contributed by atoms with Gasteiger partial charge < -0.3 is 44.9 Å². The summed E-state index contributed by atoms with van der Waals surface area (Å²) in [7, 11) is 1.55. The van der Waals surface area contributed by atoms with E-state index in [0.717, 1.165) is 30.4 Å². The van der Waals surface area contributed by atoms with Crippen LogP contribution in [0.25, 0.3) is 0 Å². The summed E-state index contributed by atoms with van der Waals surface area (Å²) >= 11 is 6.13. The van der Waals surface area contributed by atoms with Crippen molar-refractivity contribution in [1.82, 2.24) is 24.5 Å². The zero-order chi connectivity index (χ0) is 44.6. The highest BCUT2D eigenvalue weighted by atomic mass is 35.5. The lowest BCUT2D eigenvalue weighted by molar-refractivity contribution is -0.161. The molecule has 3 saturated heterocycles. The summed E-state index contributed by atoms with van der Waals surface area (Å²) in [5, 5.41) is 2.63. The van der Waals surface area contributed by atoms with E-state index >= 15 is 0 Å². The smallest absolute Gasteiger partial charge is 0.418 e. The monoisotopic (exact) mass is 891 g/mol. The minimum Gasteiger partial charge on any atom is -0.457 e. The predicted molar refractivity (Wildman–Crippen MR) is 224 cm³/mol. The molecule has 62 heavy (non-hydrogen) atoms. The fourth-order valence-corrected chi connectivity index (χ4v) is 8.90. The van der Waals surface area contributed by atoms with Crippen LogP contribution in [0.15, 0.2) is 36.4 Å². The molecule has 4 aliphatic heterocycles. The van der Waals surface area contributed by atoms with E-state index in [1.165, 1.54) is 20.8 Å². The molecule has 19 heteroatoms. The molecule has 6 rings (SSSR count).